The molecule has 2 rings (SSSR count). The Labute approximate surface area is 146 Å². The van der Waals surface area contributed by atoms with Crippen molar-refractivity contribution in [2.75, 3.05) is 17.3 Å². The Morgan fingerprint density at radius 2 is 2.33 bits per heavy atom. The van der Waals surface area contributed by atoms with E-state index in [9.17, 15) is 9.18 Å². The monoisotopic (exact) mass is 367 g/mol. The minimum Gasteiger partial charge on any atom is -0.316 e. The van der Waals surface area contributed by atoms with Crippen LogP contribution in [0.2, 0.25) is 0 Å². The molecule has 2 heterocycles. The zero-order valence-electron chi connectivity index (χ0n) is 13.5. The molecule has 2 N–H and O–H groups in total. The molecule has 24 heavy (non-hydrogen) atoms. The summed E-state index contributed by atoms with van der Waals surface area (Å²) >= 11 is 1.29. The molecule has 0 aliphatic heterocycles. The molecule has 128 valence electrons. The van der Waals surface area contributed by atoms with Crippen LogP contribution < -0.4 is 5.32 Å². The molecule has 0 aliphatic carbocycles. The minimum atomic E-state index is -0.426. The second-order valence-corrected chi connectivity index (χ2v) is 7.96. The van der Waals surface area contributed by atoms with Crippen LogP contribution in [0.5, 0.6) is 0 Å². The molecule has 0 saturated heterocycles. The fraction of sp³-hybridized carbons (Fsp3) is 0.333. The molecular formula is C15H18FN5OS2. The lowest BCUT2D eigenvalue weighted by atomic mass is 10.2. The lowest BCUT2D eigenvalue weighted by Crippen LogP contribution is -2.24. The summed E-state index contributed by atoms with van der Waals surface area (Å²) in [6, 6.07) is 1.36. The number of aryl methyl sites for hydroxylation is 1. The fourth-order valence-electron chi connectivity index (χ4n) is 1.97. The molecule has 0 aromatic carbocycles. The fourth-order valence-corrected chi connectivity index (χ4v) is 4.06. The molecule has 0 spiro atoms. The average molecular weight is 367 g/mol. The molecule has 0 saturated carbocycles. The Morgan fingerprint density at radius 1 is 1.58 bits per heavy atom. The van der Waals surface area contributed by atoms with Crippen molar-refractivity contribution in [1.82, 2.24) is 9.97 Å². The van der Waals surface area contributed by atoms with Crippen LogP contribution in [0, 0.1) is 24.1 Å². The summed E-state index contributed by atoms with van der Waals surface area (Å²) in [7, 11) is -0.352. The van der Waals surface area contributed by atoms with Crippen molar-refractivity contribution in [2.24, 2.45) is 10.3 Å². The standard InChI is InChI=1S/C15H18FN5OS2/c1-9(7-24(3)19-8-17)13(22)21-14-10(2)20-15(23-14)11-4-12(16)6-18-5-11/h4-6,8-9,17H,7H2,1-3H3,(H,21,22). The Balaban J connectivity index is 2.12. The number of carbonyl (C=O) groups is 1. The van der Waals surface area contributed by atoms with E-state index in [0.29, 0.717) is 27.0 Å². The number of nitrogens with zero attached hydrogens (tertiary/aromatic N) is 3. The van der Waals surface area contributed by atoms with Crippen LogP contribution in [0.3, 0.4) is 0 Å². The third-order valence-electron chi connectivity index (χ3n) is 3.16. The van der Waals surface area contributed by atoms with Gasteiger partial charge in [-0.2, -0.15) is 0 Å². The van der Waals surface area contributed by atoms with E-state index in [1.165, 1.54) is 23.6 Å². The van der Waals surface area contributed by atoms with Gasteiger partial charge in [-0.25, -0.2) is 13.7 Å². The number of aromatic nitrogens is 2. The number of amides is 1. The normalized spacial score (nSPS) is 13.5. The zero-order chi connectivity index (χ0) is 17.7. The largest absolute Gasteiger partial charge is 0.316 e. The van der Waals surface area contributed by atoms with Gasteiger partial charge in [0, 0.05) is 23.4 Å². The third-order valence-corrected chi connectivity index (χ3v) is 5.73. The minimum absolute atomic E-state index is 0.120. The summed E-state index contributed by atoms with van der Waals surface area (Å²) < 4.78 is 17.2. The van der Waals surface area contributed by atoms with Gasteiger partial charge in [-0.1, -0.05) is 29.0 Å². The number of rotatable bonds is 6. The molecule has 9 heteroatoms. The summed E-state index contributed by atoms with van der Waals surface area (Å²) in [5.74, 6) is -0.197. The van der Waals surface area contributed by atoms with Gasteiger partial charge in [0.2, 0.25) is 5.91 Å². The highest BCUT2D eigenvalue weighted by Gasteiger charge is 2.17. The Bertz CT molecular complexity index is 790. The maximum absolute atomic E-state index is 13.3. The molecular weight excluding hydrogens is 349 g/mol. The maximum Gasteiger partial charge on any atom is 0.228 e. The second-order valence-electron chi connectivity index (χ2n) is 5.22. The number of hydrogen-bond donors (Lipinski definition) is 2. The van der Waals surface area contributed by atoms with E-state index in [4.69, 9.17) is 5.41 Å². The molecule has 2 aromatic heterocycles. The number of pyridine rings is 1. The second kappa shape index (κ2) is 8.20. The van der Waals surface area contributed by atoms with Crippen molar-refractivity contribution in [3.8, 4) is 10.6 Å². The Morgan fingerprint density at radius 3 is 3.00 bits per heavy atom. The van der Waals surface area contributed by atoms with Gasteiger partial charge < -0.3 is 5.32 Å². The van der Waals surface area contributed by atoms with Gasteiger partial charge in [0.15, 0.2) is 0 Å². The van der Waals surface area contributed by atoms with Crippen molar-refractivity contribution in [1.29, 1.82) is 5.41 Å². The molecule has 0 radical (unpaired) electrons. The summed E-state index contributed by atoms with van der Waals surface area (Å²) in [6.45, 7) is 3.62. The molecule has 0 aliphatic rings. The number of thiazole rings is 1. The molecule has 1 amide bonds. The third kappa shape index (κ3) is 4.75. The molecule has 2 unspecified atom stereocenters. The summed E-state index contributed by atoms with van der Waals surface area (Å²) in [6.07, 6.45) is 5.58. The molecule has 0 bridgehead atoms. The Kier molecular flexibility index (Phi) is 6.27. The molecule has 2 atom stereocenters. The van der Waals surface area contributed by atoms with E-state index in [1.54, 1.807) is 6.92 Å². The lowest BCUT2D eigenvalue weighted by molar-refractivity contribution is -0.118. The first-order valence-corrected chi connectivity index (χ1v) is 9.70. The molecule has 0 fully saturated rings. The zero-order valence-corrected chi connectivity index (χ0v) is 15.2. The maximum atomic E-state index is 13.3. The smallest absolute Gasteiger partial charge is 0.228 e. The van der Waals surface area contributed by atoms with Crippen LogP contribution in [-0.4, -0.2) is 34.2 Å². The van der Waals surface area contributed by atoms with Crippen molar-refractivity contribution >= 4 is 39.3 Å². The lowest BCUT2D eigenvalue weighted by Gasteiger charge is -2.11. The van der Waals surface area contributed by atoms with Crippen molar-refractivity contribution in [3.63, 3.8) is 0 Å². The summed E-state index contributed by atoms with van der Waals surface area (Å²) in [4.78, 5) is 20.5. The van der Waals surface area contributed by atoms with E-state index in [-0.39, 0.29) is 22.5 Å². The van der Waals surface area contributed by atoms with Crippen molar-refractivity contribution < 1.29 is 9.18 Å². The Hall–Kier alpha value is -2.00. The average Bonchev–Trinajstić information content (AvgIpc) is 2.88. The van der Waals surface area contributed by atoms with E-state index in [1.807, 2.05) is 13.2 Å². The number of carbonyl (C=O) groups excluding carboxylic acids is 1. The highest BCUT2D eigenvalue weighted by molar-refractivity contribution is 7.86. The van der Waals surface area contributed by atoms with Crippen LogP contribution in [-0.2, 0) is 15.5 Å². The van der Waals surface area contributed by atoms with Crippen LogP contribution in [0.25, 0.3) is 10.6 Å². The van der Waals surface area contributed by atoms with Crippen molar-refractivity contribution in [3.05, 3.63) is 30.0 Å². The number of nitrogens with one attached hydrogen (secondary N) is 2. The van der Waals surface area contributed by atoms with Gasteiger partial charge in [0.1, 0.15) is 22.2 Å². The topological polar surface area (TPSA) is 91.1 Å². The van der Waals surface area contributed by atoms with Crippen LogP contribution >= 0.6 is 11.3 Å². The van der Waals surface area contributed by atoms with Gasteiger partial charge in [-0.05, 0) is 19.2 Å². The first-order chi connectivity index (χ1) is 11.4. The van der Waals surface area contributed by atoms with Gasteiger partial charge in [-0.3, -0.25) is 15.2 Å². The highest BCUT2D eigenvalue weighted by Crippen LogP contribution is 2.31. The van der Waals surface area contributed by atoms with E-state index in [0.717, 1.165) is 12.5 Å². The SMILES string of the molecule is Cc1nc(-c2cncc(F)c2)sc1NC(=O)C(C)CS(C)=NC=N. The molecule has 6 nitrogen and oxygen atoms in total. The number of halogens is 1. The van der Waals surface area contributed by atoms with Crippen molar-refractivity contribution in [2.45, 2.75) is 13.8 Å². The van der Waals surface area contributed by atoms with Crippen LogP contribution in [0.15, 0.2) is 22.8 Å². The van der Waals surface area contributed by atoms with Crippen LogP contribution in [0.4, 0.5) is 9.39 Å². The van der Waals surface area contributed by atoms with Gasteiger partial charge in [0.05, 0.1) is 11.9 Å². The summed E-state index contributed by atoms with van der Waals surface area (Å²) in [5, 5.41) is 11.1. The highest BCUT2D eigenvalue weighted by atomic mass is 32.2. The quantitative estimate of drug-likeness (QED) is 0.606. The van der Waals surface area contributed by atoms with Crippen LogP contribution in [0.1, 0.15) is 12.6 Å². The number of hydrogen-bond acceptors (Lipinski definition) is 5. The number of anilines is 1. The first-order valence-electron chi connectivity index (χ1n) is 7.12. The van der Waals surface area contributed by atoms with Gasteiger partial charge in [-0.15, -0.1) is 0 Å². The first kappa shape index (κ1) is 18.3. The van der Waals surface area contributed by atoms with E-state index in [2.05, 4.69) is 19.6 Å². The molecule has 2 aromatic rings. The van der Waals surface area contributed by atoms with Gasteiger partial charge in [0.25, 0.3) is 0 Å². The van der Waals surface area contributed by atoms with E-state index < -0.39 is 5.82 Å². The predicted molar refractivity (Wildman–Crippen MR) is 97.2 cm³/mol. The van der Waals surface area contributed by atoms with Gasteiger partial charge >= 0.3 is 0 Å². The predicted octanol–water partition coefficient (Wildman–Crippen LogP) is 3.27. The summed E-state index contributed by atoms with van der Waals surface area (Å²) in [5.41, 5.74) is 1.26. The van der Waals surface area contributed by atoms with E-state index >= 15 is 0 Å².